The van der Waals surface area contributed by atoms with Crippen LogP contribution in [-0.2, 0) is 60.1 Å². The molecule has 500 valence electrons. The van der Waals surface area contributed by atoms with Gasteiger partial charge in [-0.1, -0.05) is 87.1 Å². The molecule has 0 aromatic carbocycles. The lowest BCUT2D eigenvalue weighted by atomic mass is 9.63. The van der Waals surface area contributed by atoms with E-state index < -0.39 is 97.7 Å². The van der Waals surface area contributed by atoms with Crippen LogP contribution in [0.25, 0.3) is 0 Å². The fourth-order valence-electron chi connectivity index (χ4n) is 14.6. The SMILES string of the molecule is C.C.C.C.C.C.C.C.CCC1C(=O)OC(=O)C1CCC1C(CCC2C3CC(C(=O)OC(C)(C)C)C(C3)C2CCC(C)(CC)C(=O)OCCC[Si](O[Si](C)(C)C)(O[Si](C)(C)C)O[Si](C)(C)C)C2CC1C(C(=O)OCC(CC)(CC)CO)C2C(=O)O. The predicted octanol–water partition coefficient (Wildman–Crippen LogP) is 16.8. The van der Waals surface area contributed by atoms with Gasteiger partial charge in [-0.3, -0.25) is 28.8 Å². The number of carbonyl (C=O) groups excluding carboxylic acids is 5. The minimum atomic E-state index is -3.12. The summed E-state index contributed by atoms with van der Waals surface area (Å²) in [6.45, 7) is 35.0. The molecule has 1 heterocycles. The van der Waals surface area contributed by atoms with Crippen LogP contribution in [0.3, 0.4) is 0 Å². The van der Waals surface area contributed by atoms with Crippen LogP contribution in [0, 0.1) is 87.8 Å². The summed E-state index contributed by atoms with van der Waals surface area (Å²) in [7, 11) is -9.38. The van der Waals surface area contributed by atoms with E-state index >= 15 is 0 Å². The molecule has 0 radical (unpaired) electrons. The summed E-state index contributed by atoms with van der Waals surface area (Å²) in [5.41, 5.74) is -2.03. The molecule has 5 fully saturated rings. The Hall–Kier alpha value is -2.27. The second-order valence-electron chi connectivity index (χ2n) is 28.2. The highest BCUT2D eigenvalue weighted by Gasteiger charge is 2.64. The Morgan fingerprint density at radius 1 is 0.583 bits per heavy atom. The zero-order chi connectivity index (χ0) is 57.1. The highest BCUT2D eigenvalue weighted by Crippen LogP contribution is 2.64. The van der Waals surface area contributed by atoms with Crippen molar-refractivity contribution in [1.29, 1.82) is 0 Å². The van der Waals surface area contributed by atoms with Crippen molar-refractivity contribution in [3.05, 3.63) is 0 Å². The van der Waals surface area contributed by atoms with Gasteiger partial charge in [0.05, 0.1) is 54.8 Å². The Morgan fingerprint density at radius 3 is 1.51 bits per heavy atom. The predicted molar refractivity (Wildman–Crippen MR) is 355 cm³/mol. The molecule has 4 bridgehead atoms. The molecule has 15 nitrogen and oxygen atoms in total. The van der Waals surface area contributed by atoms with Gasteiger partial charge in [0.1, 0.15) is 5.60 Å². The van der Waals surface area contributed by atoms with Gasteiger partial charge in [-0.2, -0.15) is 0 Å². The molecule has 0 aromatic heterocycles. The van der Waals surface area contributed by atoms with Crippen LogP contribution in [-0.4, -0.2) is 105 Å². The van der Waals surface area contributed by atoms with Gasteiger partial charge < -0.3 is 41.5 Å². The van der Waals surface area contributed by atoms with Gasteiger partial charge in [0.25, 0.3) is 0 Å². The zero-order valence-corrected chi connectivity index (χ0v) is 53.9. The standard InChI is InChI=1S/C57H102O15Si4.8CH4/c1-18-37-42(51(62)68-50(37)61)26-25-40-39(44-33-45(40)48(47(44)49(59)60)53(64)67-35-57(20-3,21-4)34-58)24-23-38-36-31-43(46(32-36)52(63)69-55(5,6)7)41(38)27-28-56(8,19-2)54(65)66-29-22-30-76(70-73(9,10)11,71-74(12,13)14)72-75(15,16)17;;;;;;;;/h36-48,58H,18-35H2,1-17H3,(H,59,60);8*1H4. The van der Waals surface area contributed by atoms with Crippen LogP contribution in [0.1, 0.15) is 205 Å². The maximum absolute atomic E-state index is 14.3. The molecule has 4 saturated carbocycles. The molecule has 2 N–H and O–H groups in total. The molecular weight excluding hydrogens is 1130 g/mol. The number of fused-ring (bicyclic) bond motifs is 4. The fourth-order valence-corrected chi connectivity index (χ4v) is 29.2. The van der Waals surface area contributed by atoms with Gasteiger partial charge in [-0.25, -0.2) is 0 Å². The molecule has 0 spiro atoms. The molecule has 4 aliphatic carbocycles. The van der Waals surface area contributed by atoms with Crippen LogP contribution >= 0.6 is 0 Å². The number of carboxylic acid groups (broad SMARTS) is 1. The number of rotatable bonds is 30. The monoisotopic (exact) mass is 1270 g/mol. The molecule has 14 unspecified atom stereocenters. The molecule has 14 atom stereocenters. The molecule has 1 saturated heterocycles. The van der Waals surface area contributed by atoms with Gasteiger partial charge in [0.2, 0.25) is 0 Å². The number of cyclic esters (lactones) is 2. The van der Waals surface area contributed by atoms with Crippen molar-refractivity contribution in [3.8, 4) is 0 Å². The number of esters is 5. The van der Waals surface area contributed by atoms with E-state index in [0.717, 1.165) is 19.3 Å². The zero-order valence-electron chi connectivity index (χ0n) is 49.9. The van der Waals surface area contributed by atoms with Crippen LogP contribution in [0.2, 0.25) is 65.0 Å². The Labute approximate surface area is 520 Å². The molecule has 5 aliphatic rings. The minimum absolute atomic E-state index is 0. The Bertz CT molecular complexity index is 1990. The number of hydrogen-bond donors (Lipinski definition) is 2. The van der Waals surface area contributed by atoms with Gasteiger partial charge >= 0.3 is 44.6 Å². The molecule has 0 amide bonds. The lowest BCUT2D eigenvalue weighted by molar-refractivity contribution is -0.167. The first-order chi connectivity index (χ1) is 35.1. The third-order valence-electron chi connectivity index (χ3n) is 18.4. The topological polar surface area (TPSA) is 207 Å². The first-order valence-electron chi connectivity index (χ1n) is 29.4. The number of carboxylic acids is 1. The minimum Gasteiger partial charge on any atom is -0.481 e. The first-order valence-corrected chi connectivity index (χ1v) is 41.5. The van der Waals surface area contributed by atoms with E-state index in [1.165, 1.54) is 0 Å². The summed E-state index contributed by atoms with van der Waals surface area (Å²) < 4.78 is 44.0. The lowest BCUT2D eigenvalue weighted by Crippen LogP contribution is -2.60. The van der Waals surface area contributed by atoms with Crippen molar-refractivity contribution >= 4 is 69.6 Å². The Kier molecular flexibility index (Phi) is 36.3. The molecule has 0 aromatic rings. The highest BCUT2D eigenvalue weighted by molar-refractivity contribution is 6.90. The van der Waals surface area contributed by atoms with E-state index in [9.17, 15) is 39.0 Å². The van der Waals surface area contributed by atoms with Gasteiger partial charge in [-0.15, -0.1) is 0 Å². The van der Waals surface area contributed by atoms with Crippen molar-refractivity contribution in [3.63, 3.8) is 0 Å². The second-order valence-corrected chi connectivity index (χ2v) is 45.1. The molecule has 19 heteroatoms. The molecular formula is C65H134O15Si4. The average Bonchev–Trinajstić information content (AvgIpc) is 4.11. The van der Waals surface area contributed by atoms with E-state index in [2.05, 4.69) is 58.9 Å². The smallest absolute Gasteiger partial charge is 0.469 e. The van der Waals surface area contributed by atoms with E-state index in [1.54, 1.807) is 0 Å². The number of aliphatic hydroxyl groups excluding tert-OH is 1. The van der Waals surface area contributed by atoms with Crippen molar-refractivity contribution in [2.24, 2.45) is 87.8 Å². The van der Waals surface area contributed by atoms with E-state index in [-0.39, 0.29) is 144 Å². The largest absolute Gasteiger partial charge is 0.481 e. The van der Waals surface area contributed by atoms with E-state index in [4.69, 9.17) is 31.3 Å². The van der Waals surface area contributed by atoms with E-state index in [0.29, 0.717) is 76.7 Å². The fraction of sp³-hybridized carbons (Fsp3) is 0.908. The maximum atomic E-state index is 14.3. The van der Waals surface area contributed by atoms with Crippen LogP contribution in [0.5, 0.6) is 0 Å². The number of hydrogen-bond acceptors (Lipinski definition) is 14. The first kappa shape index (κ1) is 88.2. The summed E-state index contributed by atoms with van der Waals surface area (Å²) in [5.74, 6) is -6.29. The molecule has 5 rings (SSSR count). The number of carbonyl (C=O) groups is 6. The number of aliphatic hydroxyl groups is 1. The Balaban J connectivity index is -0.00000400. The van der Waals surface area contributed by atoms with Crippen molar-refractivity contribution in [2.45, 2.75) is 275 Å². The third-order valence-corrected chi connectivity index (χ3v) is 30.5. The summed E-state index contributed by atoms with van der Waals surface area (Å²) in [4.78, 5) is 81.7. The number of ether oxygens (including phenoxy) is 4. The molecule has 84 heavy (non-hydrogen) atoms. The second kappa shape index (κ2) is 34.6. The van der Waals surface area contributed by atoms with Crippen molar-refractivity contribution in [1.82, 2.24) is 0 Å². The Morgan fingerprint density at radius 2 is 1.06 bits per heavy atom. The third kappa shape index (κ3) is 21.8. The van der Waals surface area contributed by atoms with Crippen LogP contribution in [0.4, 0.5) is 0 Å². The summed E-state index contributed by atoms with van der Waals surface area (Å²) >= 11 is 0. The van der Waals surface area contributed by atoms with Crippen LogP contribution < -0.4 is 0 Å². The number of aliphatic carboxylic acids is 1. The lowest BCUT2D eigenvalue weighted by Gasteiger charge is -2.43. The summed E-state index contributed by atoms with van der Waals surface area (Å²) in [6.07, 6.45) is 8.68. The van der Waals surface area contributed by atoms with Gasteiger partial charge in [-0.05, 0) is 224 Å². The van der Waals surface area contributed by atoms with Crippen molar-refractivity contribution < 1.29 is 70.3 Å². The quantitative estimate of drug-likeness (QED) is 0.0225. The van der Waals surface area contributed by atoms with Crippen LogP contribution in [0.15, 0.2) is 0 Å². The summed E-state index contributed by atoms with van der Waals surface area (Å²) in [6, 6.07) is 0.567. The van der Waals surface area contributed by atoms with E-state index in [1.807, 2.05) is 55.4 Å². The van der Waals surface area contributed by atoms with Crippen molar-refractivity contribution in [2.75, 3.05) is 19.8 Å². The normalized spacial score (nSPS) is 27.7. The highest BCUT2D eigenvalue weighted by atomic mass is 28.5. The van der Waals surface area contributed by atoms with Gasteiger partial charge in [0.15, 0.2) is 25.0 Å². The summed E-state index contributed by atoms with van der Waals surface area (Å²) in [5, 5.41) is 21.2. The maximum Gasteiger partial charge on any atom is 0.469 e. The average molecular weight is 1270 g/mol. The van der Waals surface area contributed by atoms with Gasteiger partial charge in [0, 0.05) is 11.5 Å². The molecule has 1 aliphatic heterocycles.